The Morgan fingerprint density at radius 2 is 2.06 bits per heavy atom. The molecule has 2 nitrogen and oxygen atoms in total. The quantitative estimate of drug-likeness (QED) is 0.803. The topological polar surface area (TPSA) is 34.1 Å². The van der Waals surface area contributed by atoms with E-state index in [1.807, 2.05) is 12.1 Å². The molecule has 4 heteroatoms. The van der Waals surface area contributed by atoms with Crippen LogP contribution >= 0.6 is 27.7 Å². The first-order chi connectivity index (χ1) is 8.16. The first-order valence-corrected chi connectivity index (χ1v) is 7.51. The second kappa shape index (κ2) is 5.83. The maximum absolute atomic E-state index is 12.0. The lowest BCUT2D eigenvalue weighted by Crippen LogP contribution is -2.25. The zero-order valence-corrected chi connectivity index (χ0v) is 11.7. The van der Waals surface area contributed by atoms with Crippen molar-refractivity contribution in [1.82, 2.24) is 0 Å². The van der Waals surface area contributed by atoms with Crippen molar-refractivity contribution in [2.24, 2.45) is 5.92 Å². The van der Waals surface area contributed by atoms with Gasteiger partial charge in [0.2, 0.25) is 0 Å². The SMILES string of the molecule is O=C(CC1CSCCC1=O)c1ccc(Br)cc1. The van der Waals surface area contributed by atoms with Gasteiger partial charge in [0.15, 0.2) is 5.78 Å². The lowest BCUT2D eigenvalue weighted by molar-refractivity contribution is -0.122. The summed E-state index contributed by atoms with van der Waals surface area (Å²) in [6.07, 6.45) is 0.969. The predicted molar refractivity (Wildman–Crippen MR) is 73.5 cm³/mol. The van der Waals surface area contributed by atoms with Gasteiger partial charge in [0.05, 0.1) is 0 Å². The van der Waals surface area contributed by atoms with Gasteiger partial charge in [-0.15, -0.1) is 0 Å². The Morgan fingerprint density at radius 1 is 1.35 bits per heavy atom. The van der Waals surface area contributed by atoms with Gasteiger partial charge in [-0.25, -0.2) is 0 Å². The number of carbonyl (C=O) groups is 2. The average molecular weight is 313 g/mol. The number of rotatable bonds is 3. The molecule has 90 valence electrons. The minimum Gasteiger partial charge on any atom is -0.299 e. The van der Waals surface area contributed by atoms with Crippen LogP contribution in [-0.2, 0) is 4.79 Å². The van der Waals surface area contributed by atoms with Crippen LogP contribution in [0.3, 0.4) is 0 Å². The van der Waals surface area contributed by atoms with Gasteiger partial charge >= 0.3 is 0 Å². The van der Waals surface area contributed by atoms with E-state index in [1.165, 1.54) is 0 Å². The number of hydrogen-bond donors (Lipinski definition) is 0. The molecule has 1 heterocycles. The predicted octanol–water partition coefficient (Wildman–Crippen LogP) is 3.34. The molecule has 1 fully saturated rings. The van der Waals surface area contributed by atoms with Crippen LogP contribution in [0.5, 0.6) is 0 Å². The minimum atomic E-state index is -0.0788. The first kappa shape index (κ1) is 12.8. The summed E-state index contributed by atoms with van der Waals surface area (Å²) in [5.74, 6) is 1.93. The van der Waals surface area contributed by atoms with Crippen LogP contribution in [0.4, 0.5) is 0 Å². The van der Waals surface area contributed by atoms with E-state index in [9.17, 15) is 9.59 Å². The van der Waals surface area contributed by atoms with Gasteiger partial charge < -0.3 is 0 Å². The van der Waals surface area contributed by atoms with Crippen LogP contribution in [0.1, 0.15) is 23.2 Å². The number of hydrogen-bond acceptors (Lipinski definition) is 3. The Balaban J connectivity index is 2.01. The van der Waals surface area contributed by atoms with Gasteiger partial charge in [-0.1, -0.05) is 28.1 Å². The van der Waals surface area contributed by atoms with Crippen molar-refractivity contribution in [2.75, 3.05) is 11.5 Å². The number of ketones is 2. The van der Waals surface area contributed by atoms with Crippen molar-refractivity contribution in [3.05, 3.63) is 34.3 Å². The van der Waals surface area contributed by atoms with Crippen molar-refractivity contribution in [3.8, 4) is 0 Å². The number of benzene rings is 1. The second-order valence-corrected chi connectivity index (χ2v) is 6.19. The van der Waals surface area contributed by atoms with Crippen molar-refractivity contribution in [3.63, 3.8) is 0 Å². The fourth-order valence-corrected chi connectivity index (χ4v) is 3.21. The van der Waals surface area contributed by atoms with E-state index in [1.54, 1.807) is 23.9 Å². The minimum absolute atomic E-state index is 0.0679. The molecular weight excluding hydrogens is 300 g/mol. The molecule has 0 aromatic heterocycles. The summed E-state index contributed by atoms with van der Waals surface area (Å²) in [5, 5.41) is 0. The number of carbonyl (C=O) groups excluding carboxylic acids is 2. The maximum Gasteiger partial charge on any atom is 0.163 e. The fraction of sp³-hybridized carbons (Fsp3) is 0.385. The van der Waals surface area contributed by atoms with E-state index in [0.29, 0.717) is 18.4 Å². The highest BCUT2D eigenvalue weighted by atomic mass is 79.9. The van der Waals surface area contributed by atoms with E-state index in [-0.39, 0.29) is 17.5 Å². The third-order valence-electron chi connectivity index (χ3n) is 2.87. The summed E-state index contributed by atoms with van der Waals surface area (Å²) >= 11 is 5.10. The Hall–Kier alpha value is -0.610. The third-order valence-corrected chi connectivity index (χ3v) is 4.52. The molecule has 0 radical (unpaired) electrons. The molecule has 2 rings (SSSR count). The molecule has 0 bridgehead atoms. The lowest BCUT2D eigenvalue weighted by Gasteiger charge is -2.19. The van der Waals surface area contributed by atoms with Crippen molar-refractivity contribution in [1.29, 1.82) is 0 Å². The van der Waals surface area contributed by atoms with Crippen LogP contribution in [-0.4, -0.2) is 23.1 Å². The van der Waals surface area contributed by atoms with E-state index >= 15 is 0 Å². The van der Waals surface area contributed by atoms with Crippen LogP contribution in [0, 0.1) is 5.92 Å². The summed E-state index contributed by atoms with van der Waals surface area (Å²) < 4.78 is 0.957. The molecule has 0 saturated carbocycles. The molecule has 1 unspecified atom stereocenters. The maximum atomic E-state index is 12.0. The largest absolute Gasteiger partial charge is 0.299 e. The van der Waals surface area contributed by atoms with E-state index < -0.39 is 0 Å². The molecule has 1 atom stereocenters. The average Bonchev–Trinajstić information content (AvgIpc) is 2.33. The fourth-order valence-electron chi connectivity index (χ4n) is 1.85. The molecule has 0 amide bonds. The Morgan fingerprint density at radius 3 is 2.71 bits per heavy atom. The summed E-state index contributed by atoms with van der Waals surface area (Å²) in [7, 11) is 0. The molecule has 0 spiro atoms. The van der Waals surface area contributed by atoms with Crippen LogP contribution in [0.25, 0.3) is 0 Å². The van der Waals surface area contributed by atoms with Crippen LogP contribution in [0.15, 0.2) is 28.7 Å². The molecule has 1 aromatic carbocycles. The van der Waals surface area contributed by atoms with E-state index in [0.717, 1.165) is 16.0 Å². The Bertz CT molecular complexity index is 428. The summed E-state index contributed by atoms with van der Waals surface area (Å²) in [4.78, 5) is 23.6. The van der Waals surface area contributed by atoms with Crippen molar-refractivity contribution in [2.45, 2.75) is 12.8 Å². The smallest absolute Gasteiger partial charge is 0.163 e. The molecule has 0 N–H and O–H groups in total. The Kier molecular flexibility index (Phi) is 4.40. The highest BCUT2D eigenvalue weighted by Gasteiger charge is 2.25. The molecular formula is C13H13BrO2S. The standard InChI is InChI=1S/C13H13BrO2S/c14-11-3-1-9(2-4-11)13(16)7-10-8-17-6-5-12(10)15/h1-4,10H,5-8H2. The van der Waals surface area contributed by atoms with Crippen molar-refractivity contribution >= 4 is 39.3 Å². The van der Waals surface area contributed by atoms with E-state index in [4.69, 9.17) is 0 Å². The molecule has 1 saturated heterocycles. The van der Waals surface area contributed by atoms with Gasteiger partial charge in [-0.05, 0) is 12.1 Å². The molecule has 1 aromatic rings. The van der Waals surface area contributed by atoms with Crippen LogP contribution < -0.4 is 0 Å². The van der Waals surface area contributed by atoms with Gasteiger partial charge in [0.25, 0.3) is 0 Å². The summed E-state index contributed by atoms with van der Waals surface area (Å²) in [6.45, 7) is 0. The Labute approximate surface area is 113 Å². The molecule has 17 heavy (non-hydrogen) atoms. The van der Waals surface area contributed by atoms with Crippen LogP contribution in [0.2, 0.25) is 0 Å². The van der Waals surface area contributed by atoms with Gasteiger partial charge in [0, 0.05) is 40.3 Å². The van der Waals surface area contributed by atoms with Gasteiger partial charge in [-0.2, -0.15) is 11.8 Å². The van der Waals surface area contributed by atoms with E-state index in [2.05, 4.69) is 15.9 Å². The zero-order chi connectivity index (χ0) is 12.3. The highest BCUT2D eigenvalue weighted by molar-refractivity contribution is 9.10. The molecule has 1 aliphatic heterocycles. The monoisotopic (exact) mass is 312 g/mol. The summed E-state index contributed by atoms with van der Waals surface area (Å²) in [5.41, 5.74) is 0.691. The number of thioether (sulfide) groups is 1. The van der Waals surface area contributed by atoms with Gasteiger partial charge in [-0.3, -0.25) is 9.59 Å². The normalized spacial score (nSPS) is 20.3. The lowest BCUT2D eigenvalue weighted by atomic mass is 9.94. The second-order valence-electron chi connectivity index (χ2n) is 4.12. The first-order valence-electron chi connectivity index (χ1n) is 5.56. The van der Waals surface area contributed by atoms with Crippen molar-refractivity contribution < 1.29 is 9.59 Å². The molecule has 1 aliphatic rings. The highest BCUT2D eigenvalue weighted by Crippen LogP contribution is 2.24. The summed E-state index contributed by atoms with van der Waals surface area (Å²) in [6, 6.07) is 7.30. The molecule has 0 aliphatic carbocycles. The number of Topliss-reactive ketones (excluding diaryl/α,β-unsaturated/α-hetero) is 2. The third kappa shape index (κ3) is 3.42. The number of halogens is 1. The van der Waals surface area contributed by atoms with Gasteiger partial charge in [0.1, 0.15) is 5.78 Å². The zero-order valence-electron chi connectivity index (χ0n) is 9.32.